The highest BCUT2D eigenvalue weighted by molar-refractivity contribution is 5.87. The second-order valence-electron chi connectivity index (χ2n) is 5.17. The van der Waals surface area contributed by atoms with E-state index in [-0.39, 0.29) is 11.4 Å². The Morgan fingerprint density at radius 2 is 2.11 bits per heavy atom. The lowest BCUT2D eigenvalue weighted by Crippen LogP contribution is -2.27. The maximum Gasteiger partial charge on any atom is 0.412 e. The standard InChI is InChI=1S/C14H20N2O3/c1-9(8-15)10-5-6-11(12(17)7-10)16-13(18)19-14(2,3)4/h5-7,17H,1,8,15H2,2-4H3,(H,16,18). The number of amides is 1. The Bertz CT molecular complexity index is 490. The molecule has 0 aliphatic carbocycles. The number of hydrogen-bond donors (Lipinski definition) is 3. The third kappa shape index (κ3) is 4.63. The Kier molecular flexibility index (Phi) is 4.56. The number of anilines is 1. The van der Waals surface area contributed by atoms with Gasteiger partial charge in [-0.05, 0) is 44.0 Å². The zero-order valence-electron chi connectivity index (χ0n) is 11.5. The van der Waals surface area contributed by atoms with Crippen LogP contribution in [-0.4, -0.2) is 23.3 Å². The van der Waals surface area contributed by atoms with Gasteiger partial charge in [-0.3, -0.25) is 5.32 Å². The number of nitrogens with one attached hydrogen (secondary N) is 1. The molecule has 5 heteroatoms. The number of phenolic OH excluding ortho intramolecular Hbond substituents is 1. The van der Waals surface area contributed by atoms with Crippen molar-refractivity contribution in [3.63, 3.8) is 0 Å². The predicted octanol–water partition coefficient (Wildman–Crippen LogP) is 2.71. The first-order valence-corrected chi connectivity index (χ1v) is 5.94. The minimum atomic E-state index is -0.617. The Morgan fingerprint density at radius 1 is 1.47 bits per heavy atom. The van der Waals surface area contributed by atoms with E-state index in [2.05, 4.69) is 11.9 Å². The summed E-state index contributed by atoms with van der Waals surface area (Å²) in [7, 11) is 0. The lowest BCUT2D eigenvalue weighted by atomic mass is 10.1. The van der Waals surface area contributed by atoms with Gasteiger partial charge < -0.3 is 15.6 Å². The maximum absolute atomic E-state index is 11.6. The molecular formula is C14H20N2O3. The largest absolute Gasteiger partial charge is 0.506 e. The molecule has 1 aromatic carbocycles. The Hall–Kier alpha value is -2.01. The van der Waals surface area contributed by atoms with Gasteiger partial charge in [0.15, 0.2) is 0 Å². The van der Waals surface area contributed by atoms with Crippen molar-refractivity contribution in [2.24, 2.45) is 5.73 Å². The van der Waals surface area contributed by atoms with E-state index in [0.29, 0.717) is 12.1 Å². The molecular weight excluding hydrogens is 244 g/mol. The number of aromatic hydroxyl groups is 1. The number of benzene rings is 1. The van der Waals surface area contributed by atoms with Crippen LogP contribution in [0.5, 0.6) is 5.75 Å². The monoisotopic (exact) mass is 264 g/mol. The van der Waals surface area contributed by atoms with E-state index in [9.17, 15) is 9.90 Å². The molecule has 1 amide bonds. The van der Waals surface area contributed by atoms with E-state index in [4.69, 9.17) is 10.5 Å². The Morgan fingerprint density at radius 3 is 2.58 bits per heavy atom. The average Bonchev–Trinajstić information content (AvgIpc) is 2.28. The van der Waals surface area contributed by atoms with Crippen molar-refractivity contribution in [1.29, 1.82) is 0 Å². The van der Waals surface area contributed by atoms with E-state index < -0.39 is 11.7 Å². The fourth-order valence-electron chi connectivity index (χ4n) is 1.39. The van der Waals surface area contributed by atoms with Gasteiger partial charge in [-0.1, -0.05) is 12.6 Å². The molecule has 0 aliphatic heterocycles. The summed E-state index contributed by atoms with van der Waals surface area (Å²) in [6.45, 7) is 9.37. The van der Waals surface area contributed by atoms with Crippen molar-refractivity contribution in [3.8, 4) is 5.75 Å². The number of phenols is 1. The molecule has 0 radical (unpaired) electrons. The van der Waals surface area contributed by atoms with Crippen LogP contribution in [0.4, 0.5) is 10.5 Å². The van der Waals surface area contributed by atoms with E-state index >= 15 is 0 Å². The smallest absolute Gasteiger partial charge is 0.412 e. The topological polar surface area (TPSA) is 84.6 Å². The van der Waals surface area contributed by atoms with E-state index in [1.807, 2.05) is 0 Å². The maximum atomic E-state index is 11.6. The second kappa shape index (κ2) is 5.75. The zero-order chi connectivity index (χ0) is 14.6. The van der Waals surface area contributed by atoms with Crippen LogP contribution in [0.15, 0.2) is 24.8 Å². The molecule has 104 valence electrons. The fraction of sp³-hybridized carbons (Fsp3) is 0.357. The highest BCUT2D eigenvalue weighted by Crippen LogP contribution is 2.27. The summed E-state index contributed by atoms with van der Waals surface area (Å²) < 4.78 is 5.10. The van der Waals surface area contributed by atoms with Crippen LogP contribution in [0.2, 0.25) is 0 Å². The van der Waals surface area contributed by atoms with Crippen LogP contribution in [0.3, 0.4) is 0 Å². The quantitative estimate of drug-likeness (QED) is 0.733. The summed E-state index contributed by atoms with van der Waals surface area (Å²) in [5.41, 5.74) is 6.60. The van der Waals surface area contributed by atoms with E-state index in [1.165, 1.54) is 6.07 Å². The lowest BCUT2D eigenvalue weighted by Gasteiger charge is -2.20. The van der Waals surface area contributed by atoms with Crippen molar-refractivity contribution >= 4 is 17.4 Å². The molecule has 1 aromatic rings. The zero-order valence-corrected chi connectivity index (χ0v) is 11.5. The first kappa shape index (κ1) is 15.0. The van der Waals surface area contributed by atoms with Crippen molar-refractivity contribution in [2.75, 3.05) is 11.9 Å². The molecule has 0 saturated carbocycles. The van der Waals surface area contributed by atoms with Gasteiger partial charge >= 0.3 is 6.09 Å². The molecule has 0 bridgehead atoms. The molecule has 0 atom stereocenters. The van der Waals surface area contributed by atoms with Gasteiger partial charge in [-0.25, -0.2) is 4.79 Å². The SMILES string of the molecule is C=C(CN)c1ccc(NC(=O)OC(C)(C)C)c(O)c1. The molecule has 0 spiro atoms. The molecule has 19 heavy (non-hydrogen) atoms. The lowest BCUT2D eigenvalue weighted by molar-refractivity contribution is 0.0635. The molecule has 0 aromatic heterocycles. The van der Waals surface area contributed by atoms with Gasteiger partial charge in [0.1, 0.15) is 11.4 Å². The number of carbonyl (C=O) groups is 1. The number of nitrogens with two attached hydrogens (primary N) is 1. The summed E-state index contributed by atoms with van der Waals surface area (Å²) in [4.78, 5) is 11.6. The van der Waals surface area contributed by atoms with Crippen LogP contribution in [0.1, 0.15) is 26.3 Å². The molecule has 0 unspecified atom stereocenters. The summed E-state index contributed by atoms with van der Waals surface area (Å²) >= 11 is 0. The summed E-state index contributed by atoms with van der Waals surface area (Å²) in [5, 5.41) is 12.3. The number of hydrogen-bond acceptors (Lipinski definition) is 4. The van der Waals surface area contributed by atoms with Crippen LogP contribution >= 0.6 is 0 Å². The highest BCUT2D eigenvalue weighted by Gasteiger charge is 2.17. The molecule has 0 aliphatic rings. The van der Waals surface area contributed by atoms with Crippen molar-refractivity contribution in [2.45, 2.75) is 26.4 Å². The van der Waals surface area contributed by atoms with Gasteiger partial charge in [0.2, 0.25) is 0 Å². The van der Waals surface area contributed by atoms with Crippen molar-refractivity contribution < 1.29 is 14.6 Å². The summed E-state index contributed by atoms with van der Waals surface area (Å²) in [6.07, 6.45) is -0.617. The van der Waals surface area contributed by atoms with Gasteiger partial charge in [-0.15, -0.1) is 0 Å². The molecule has 0 saturated heterocycles. The number of rotatable bonds is 3. The van der Waals surface area contributed by atoms with E-state index in [0.717, 1.165) is 5.56 Å². The number of ether oxygens (including phenoxy) is 1. The molecule has 5 nitrogen and oxygen atoms in total. The average molecular weight is 264 g/mol. The third-order valence-electron chi connectivity index (χ3n) is 2.29. The molecule has 1 rings (SSSR count). The van der Waals surface area contributed by atoms with Crippen LogP contribution in [0, 0.1) is 0 Å². The van der Waals surface area contributed by atoms with Crippen LogP contribution in [0.25, 0.3) is 5.57 Å². The summed E-state index contributed by atoms with van der Waals surface area (Å²) in [5.74, 6) is -0.0574. The molecule has 4 N–H and O–H groups in total. The Labute approximate surface area is 113 Å². The van der Waals surface area contributed by atoms with Crippen molar-refractivity contribution in [3.05, 3.63) is 30.3 Å². The highest BCUT2D eigenvalue weighted by atomic mass is 16.6. The van der Waals surface area contributed by atoms with Gasteiger partial charge in [0, 0.05) is 6.54 Å². The van der Waals surface area contributed by atoms with E-state index in [1.54, 1.807) is 32.9 Å². The van der Waals surface area contributed by atoms with Gasteiger partial charge in [0.05, 0.1) is 5.69 Å². The first-order valence-electron chi connectivity index (χ1n) is 5.94. The molecule has 0 heterocycles. The van der Waals surface area contributed by atoms with Gasteiger partial charge in [-0.2, -0.15) is 0 Å². The second-order valence-corrected chi connectivity index (χ2v) is 5.17. The number of carbonyl (C=O) groups excluding carboxylic acids is 1. The predicted molar refractivity (Wildman–Crippen MR) is 76.1 cm³/mol. The molecule has 0 fully saturated rings. The third-order valence-corrected chi connectivity index (χ3v) is 2.29. The van der Waals surface area contributed by atoms with Crippen LogP contribution < -0.4 is 11.1 Å². The minimum Gasteiger partial charge on any atom is -0.506 e. The van der Waals surface area contributed by atoms with Crippen molar-refractivity contribution in [1.82, 2.24) is 0 Å². The fourth-order valence-corrected chi connectivity index (χ4v) is 1.39. The normalized spacial score (nSPS) is 10.9. The van der Waals surface area contributed by atoms with Gasteiger partial charge in [0.25, 0.3) is 0 Å². The van der Waals surface area contributed by atoms with Crippen LogP contribution in [-0.2, 0) is 4.74 Å². The Balaban J connectivity index is 2.81. The first-order chi connectivity index (χ1) is 8.73. The summed E-state index contributed by atoms with van der Waals surface area (Å²) in [6, 6.07) is 4.80. The minimum absolute atomic E-state index is 0.0574.